The van der Waals surface area contributed by atoms with E-state index in [1.807, 2.05) is 31.2 Å². The lowest BCUT2D eigenvalue weighted by Crippen LogP contribution is -2.38. The summed E-state index contributed by atoms with van der Waals surface area (Å²) in [5, 5.41) is 11.3. The quantitative estimate of drug-likeness (QED) is 0.305. The Kier molecular flexibility index (Phi) is 8.78. The minimum absolute atomic E-state index is 0.137. The van der Waals surface area contributed by atoms with E-state index in [1.165, 1.54) is 5.56 Å². The topological polar surface area (TPSA) is 79.3 Å². The number of likely N-dealkylation sites (tertiary alicyclic amines) is 1. The highest BCUT2D eigenvalue weighted by atomic mass is 16.5. The van der Waals surface area contributed by atoms with Gasteiger partial charge in [-0.3, -0.25) is 14.5 Å². The van der Waals surface area contributed by atoms with E-state index in [0.29, 0.717) is 24.5 Å². The number of aryl methyl sites for hydroxylation is 1. The SMILES string of the molecule is CCCOc1ccc(/C(O)=C2\C(=O)C(=O)N(CCCN3CCOCC3)C2c2ccc(CC)cc2)cc1. The van der Waals surface area contributed by atoms with Crippen LogP contribution >= 0.6 is 0 Å². The van der Waals surface area contributed by atoms with Gasteiger partial charge < -0.3 is 19.5 Å². The Balaban J connectivity index is 1.63. The molecule has 0 bridgehead atoms. The maximum Gasteiger partial charge on any atom is 0.295 e. The number of carbonyl (C=O) groups excluding carboxylic acids is 2. The van der Waals surface area contributed by atoms with E-state index in [2.05, 4.69) is 11.8 Å². The van der Waals surface area contributed by atoms with Crippen molar-refractivity contribution in [3.63, 3.8) is 0 Å². The lowest BCUT2D eigenvalue weighted by molar-refractivity contribution is -0.140. The molecule has 2 aromatic carbocycles. The number of ketones is 1. The van der Waals surface area contributed by atoms with Gasteiger partial charge in [-0.05, 0) is 54.7 Å². The molecule has 1 N–H and O–H groups in total. The van der Waals surface area contributed by atoms with Gasteiger partial charge >= 0.3 is 0 Å². The first-order valence-corrected chi connectivity index (χ1v) is 12.9. The second-order valence-electron chi connectivity index (χ2n) is 9.27. The minimum atomic E-state index is -0.644. The summed E-state index contributed by atoms with van der Waals surface area (Å²) in [6, 6.07) is 14.3. The van der Waals surface area contributed by atoms with Crippen molar-refractivity contribution in [3.05, 3.63) is 70.8 Å². The molecular formula is C29H36N2O5. The molecule has 0 spiro atoms. The Bertz CT molecular complexity index is 1070. The van der Waals surface area contributed by atoms with Gasteiger partial charge in [0.25, 0.3) is 11.7 Å². The van der Waals surface area contributed by atoms with Crippen LogP contribution in [0.4, 0.5) is 0 Å². The van der Waals surface area contributed by atoms with Gasteiger partial charge in [0.2, 0.25) is 0 Å². The predicted octanol–water partition coefficient (Wildman–Crippen LogP) is 4.18. The molecule has 2 aromatic rings. The third-order valence-corrected chi connectivity index (χ3v) is 6.82. The normalized spacial score (nSPS) is 20.2. The Morgan fingerprint density at radius 1 is 1.00 bits per heavy atom. The average molecular weight is 493 g/mol. The molecule has 2 saturated heterocycles. The van der Waals surface area contributed by atoms with Gasteiger partial charge in [0.15, 0.2) is 0 Å². The fourth-order valence-corrected chi connectivity index (χ4v) is 4.77. The van der Waals surface area contributed by atoms with Gasteiger partial charge in [-0.1, -0.05) is 38.1 Å². The van der Waals surface area contributed by atoms with Crippen molar-refractivity contribution in [1.29, 1.82) is 0 Å². The number of benzene rings is 2. The van der Waals surface area contributed by atoms with Gasteiger partial charge in [-0.15, -0.1) is 0 Å². The Morgan fingerprint density at radius 2 is 1.69 bits per heavy atom. The highest BCUT2D eigenvalue weighted by molar-refractivity contribution is 6.46. The van der Waals surface area contributed by atoms with Crippen LogP contribution in [0.25, 0.3) is 5.76 Å². The average Bonchev–Trinajstić information content (AvgIpc) is 3.17. The number of nitrogens with zero attached hydrogens (tertiary/aromatic N) is 2. The highest BCUT2D eigenvalue weighted by Crippen LogP contribution is 2.39. The van der Waals surface area contributed by atoms with E-state index >= 15 is 0 Å². The van der Waals surface area contributed by atoms with E-state index in [-0.39, 0.29) is 11.3 Å². The van der Waals surface area contributed by atoms with Crippen LogP contribution in [0.15, 0.2) is 54.1 Å². The van der Waals surface area contributed by atoms with Crippen molar-refractivity contribution in [2.45, 2.75) is 39.2 Å². The summed E-state index contributed by atoms with van der Waals surface area (Å²) in [5.74, 6) is -0.667. The van der Waals surface area contributed by atoms with Crippen molar-refractivity contribution >= 4 is 17.4 Å². The summed E-state index contributed by atoms with van der Waals surface area (Å²) >= 11 is 0. The summed E-state index contributed by atoms with van der Waals surface area (Å²) in [4.78, 5) is 30.4. The molecule has 192 valence electrons. The fourth-order valence-electron chi connectivity index (χ4n) is 4.77. The summed E-state index contributed by atoms with van der Waals surface area (Å²) in [6.45, 7) is 9.17. The number of aliphatic hydroxyl groups is 1. The third-order valence-electron chi connectivity index (χ3n) is 6.82. The maximum absolute atomic E-state index is 13.2. The van der Waals surface area contributed by atoms with E-state index in [0.717, 1.165) is 57.7 Å². The van der Waals surface area contributed by atoms with Gasteiger partial charge in [0.05, 0.1) is 31.4 Å². The number of hydrogen-bond donors (Lipinski definition) is 1. The molecule has 2 aliphatic heterocycles. The lowest BCUT2D eigenvalue weighted by Gasteiger charge is -2.29. The van der Waals surface area contributed by atoms with Crippen LogP contribution < -0.4 is 4.74 Å². The standard InChI is InChI=1S/C29H36N2O5/c1-3-18-36-24-12-10-23(11-13-24)27(32)25-26(22-8-6-21(4-2)7-9-22)31(29(34)28(25)33)15-5-14-30-16-19-35-20-17-30/h6-13,26,32H,3-5,14-20H2,1-2H3/b27-25+. The summed E-state index contributed by atoms with van der Waals surface area (Å²) in [5.41, 5.74) is 2.62. The summed E-state index contributed by atoms with van der Waals surface area (Å²) in [6.07, 6.45) is 2.53. The first-order valence-electron chi connectivity index (χ1n) is 12.9. The Labute approximate surface area is 213 Å². The van der Waals surface area contributed by atoms with Gasteiger partial charge in [0, 0.05) is 31.7 Å². The molecule has 0 aliphatic carbocycles. The summed E-state index contributed by atoms with van der Waals surface area (Å²) < 4.78 is 11.1. The van der Waals surface area contributed by atoms with Crippen molar-refractivity contribution in [2.24, 2.45) is 0 Å². The molecule has 2 aliphatic rings. The van der Waals surface area contributed by atoms with Crippen LogP contribution in [0.1, 0.15) is 49.4 Å². The van der Waals surface area contributed by atoms with Crippen molar-refractivity contribution < 1.29 is 24.2 Å². The van der Waals surface area contributed by atoms with Crippen LogP contribution in [0.3, 0.4) is 0 Å². The zero-order valence-corrected chi connectivity index (χ0v) is 21.2. The van der Waals surface area contributed by atoms with E-state index in [1.54, 1.807) is 29.2 Å². The molecule has 2 fully saturated rings. The number of Topliss-reactive ketones (excluding diaryl/α,β-unsaturated/α-hetero) is 1. The van der Waals surface area contributed by atoms with Crippen molar-refractivity contribution in [3.8, 4) is 5.75 Å². The number of carbonyl (C=O) groups is 2. The molecule has 2 heterocycles. The van der Waals surface area contributed by atoms with Crippen LogP contribution in [-0.2, 0) is 20.7 Å². The van der Waals surface area contributed by atoms with Crippen molar-refractivity contribution in [2.75, 3.05) is 46.0 Å². The minimum Gasteiger partial charge on any atom is -0.507 e. The Morgan fingerprint density at radius 3 is 2.33 bits per heavy atom. The molecule has 0 saturated carbocycles. The van der Waals surface area contributed by atoms with Crippen LogP contribution in [-0.4, -0.2) is 72.6 Å². The number of hydrogen-bond acceptors (Lipinski definition) is 6. The van der Waals surface area contributed by atoms with Gasteiger partial charge in [-0.25, -0.2) is 0 Å². The predicted molar refractivity (Wildman–Crippen MR) is 139 cm³/mol. The molecular weight excluding hydrogens is 456 g/mol. The first kappa shape index (κ1) is 25.9. The number of amides is 1. The summed E-state index contributed by atoms with van der Waals surface area (Å²) in [7, 11) is 0. The van der Waals surface area contributed by atoms with Crippen LogP contribution in [0.5, 0.6) is 5.75 Å². The van der Waals surface area contributed by atoms with Gasteiger partial charge in [-0.2, -0.15) is 0 Å². The maximum atomic E-state index is 13.2. The smallest absolute Gasteiger partial charge is 0.295 e. The number of rotatable bonds is 10. The van der Waals surface area contributed by atoms with E-state index < -0.39 is 17.7 Å². The fraction of sp³-hybridized carbons (Fsp3) is 0.448. The van der Waals surface area contributed by atoms with Crippen molar-refractivity contribution in [1.82, 2.24) is 9.80 Å². The zero-order valence-electron chi connectivity index (χ0n) is 21.2. The molecule has 0 radical (unpaired) electrons. The van der Waals surface area contributed by atoms with Gasteiger partial charge in [0.1, 0.15) is 11.5 Å². The van der Waals surface area contributed by atoms with Crippen LogP contribution in [0, 0.1) is 0 Å². The monoisotopic (exact) mass is 492 g/mol. The Hall–Kier alpha value is -3.16. The molecule has 1 amide bonds. The molecule has 0 aromatic heterocycles. The number of aliphatic hydroxyl groups excluding tert-OH is 1. The molecule has 36 heavy (non-hydrogen) atoms. The molecule has 4 rings (SSSR count). The molecule has 7 nitrogen and oxygen atoms in total. The largest absolute Gasteiger partial charge is 0.507 e. The van der Waals surface area contributed by atoms with E-state index in [9.17, 15) is 14.7 Å². The molecule has 1 atom stereocenters. The zero-order chi connectivity index (χ0) is 25.5. The van der Waals surface area contributed by atoms with Crippen LogP contribution in [0.2, 0.25) is 0 Å². The number of ether oxygens (including phenoxy) is 2. The highest BCUT2D eigenvalue weighted by Gasteiger charge is 2.45. The number of morpholine rings is 1. The molecule has 1 unspecified atom stereocenters. The molecule has 7 heteroatoms. The second-order valence-corrected chi connectivity index (χ2v) is 9.27. The first-order chi connectivity index (χ1) is 17.5. The lowest BCUT2D eigenvalue weighted by atomic mass is 9.94. The third kappa shape index (κ3) is 5.79. The van der Waals surface area contributed by atoms with E-state index in [4.69, 9.17) is 9.47 Å². The second kappa shape index (κ2) is 12.2.